The predicted octanol–water partition coefficient (Wildman–Crippen LogP) is 5.59. The van der Waals surface area contributed by atoms with Crippen LogP contribution in [0.5, 0.6) is 5.75 Å². The van der Waals surface area contributed by atoms with Crippen molar-refractivity contribution in [3.63, 3.8) is 0 Å². The van der Waals surface area contributed by atoms with Gasteiger partial charge in [-0.15, -0.1) is 0 Å². The van der Waals surface area contributed by atoms with Gasteiger partial charge in [0.1, 0.15) is 23.9 Å². The van der Waals surface area contributed by atoms with E-state index in [4.69, 9.17) is 21.4 Å². The van der Waals surface area contributed by atoms with Crippen molar-refractivity contribution in [3.8, 4) is 17.0 Å². The van der Waals surface area contributed by atoms with Crippen molar-refractivity contribution >= 4 is 17.6 Å². The van der Waals surface area contributed by atoms with Gasteiger partial charge in [0.15, 0.2) is 0 Å². The molecule has 0 fully saturated rings. The molecule has 0 radical (unpaired) electrons. The minimum absolute atomic E-state index is 0.336. The van der Waals surface area contributed by atoms with Gasteiger partial charge in [0.25, 0.3) is 0 Å². The van der Waals surface area contributed by atoms with Crippen molar-refractivity contribution < 1.29 is 19.0 Å². The third kappa shape index (κ3) is 5.89. The fraction of sp³-hybridized carbons (Fsp3) is 0.308. The fourth-order valence-corrected chi connectivity index (χ4v) is 4.11. The number of carboxylic acids is 1. The average Bonchev–Trinajstić information content (AvgIpc) is 2.81. The summed E-state index contributed by atoms with van der Waals surface area (Å²) in [7, 11) is 0. The lowest BCUT2D eigenvalue weighted by molar-refractivity contribution is -0.141. The number of halogens is 2. The highest BCUT2D eigenvalue weighted by atomic mass is 35.5. The van der Waals surface area contributed by atoms with Crippen LogP contribution in [0, 0.1) is 11.7 Å². The summed E-state index contributed by atoms with van der Waals surface area (Å²) in [4.78, 5) is 17.8. The van der Waals surface area contributed by atoms with E-state index in [9.17, 15) is 9.18 Å². The van der Waals surface area contributed by atoms with E-state index < -0.39 is 5.97 Å². The Labute approximate surface area is 197 Å². The average molecular weight is 469 g/mol. The van der Waals surface area contributed by atoms with Crippen LogP contribution in [0.3, 0.4) is 0 Å². The maximum atomic E-state index is 14.9. The number of aliphatic carboxylic acids is 1. The molecule has 1 aromatic heterocycles. The van der Waals surface area contributed by atoms with Gasteiger partial charge in [0, 0.05) is 35.8 Å². The molecule has 2 heterocycles. The summed E-state index contributed by atoms with van der Waals surface area (Å²) >= 11 is 6.01. The number of rotatable bonds is 8. The Balaban J connectivity index is 1.41. The topological polar surface area (TPSA) is 62.7 Å². The Bertz CT molecular complexity index is 1140. The van der Waals surface area contributed by atoms with Crippen LogP contribution in [0.4, 0.5) is 4.39 Å². The first-order chi connectivity index (χ1) is 15.9. The van der Waals surface area contributed by atoms with Crippen LogP contribution in [-0.2, 0) is 24.4 Å². The number of hydrogen-bond donors (Lipinski definition) is 1. The Morgan fingerprint density at radius 1 is 1.24 bits per heavy atom. The van der Waals surface area contributed by atoms with Gasteiger partial charge < -0.3 is 9.84 Å². The van der Waals surface area contributed by atoms with Gasteiger partial charge in [-0.2, -0.15) is 0 Å². The van der Waals surface area contributed by atoms with Gasteiger partial charge in [-0.05, 0) is 66.6 Å². The van der Waals surface area contributed by atoms with E-state index in [-0.39, 0.29) is 11.7 Å². The highest BCUT2D eigenvalue weighted by Crippen LogP contribution is 2.28. The van der Waals surface area contributed by atoms with Crippen LogP contribution in [0.15, 0.2) is 54.6 Å². The monoisotopic (exact) mass is 468 g/mol. The molecule has 1 atom stereocenters. The number of fused-ring (bicyclic) bond motifs is 1. The second kappa shape index (κ2) is 10.3. The first kappa shape index (κ1) is 23.2. The summed E-state index contributed by atoms with van der Waals surface area (Å²) in [5, 5.41) is 9.73. The van der Waals surface area contributed by atoms with Gasteiger partial charge in [-0.3, -0.25) is 9.69 Å². The molecular formula is C26H26ClFN2O3. The maximum Gasteiger partial charge on any atom is 0.306 e. The van der Waals surface area contributed by atoms with Crippen molar-refractivity contribution in [2.45, 2.75) is 32.9 Å². The molecule has 1 aliphatic heterocycles. The summed E-state index contributed by atoms with van der Waals surface area (Å²) in [6.07, 6.45) is 1.29. The number of nitrogens with zero attached hydrogens (tertiary/aromatic N) is 2. The standard InChI is InChI=1S/C26H26ClFN2O3/c1-17(26(31)32)9-11-30-12-10-24-20(15-30)14-23(28)25(29-24)19-5-7-22(8-6-19)33-16-18-3-2-4-21(27)13-18/h2-8,13-14,17H,9-12,15-16H2,1H3,(H,31,32). The first-order valence-corrected chi connectivity index (χ1v) is 11.4. The minimum Gasteiger partial charge on any atom is -0.489 e. The van der Waals surface area contributed by atoms with Gasteiger partial charge in [-0.1, -0.05) is 30.7 Å². The molecular weight excluding hydrogens is 443 g/mol. The van der Waals surface area contributed by atoms with Crippen molar-refractivity contribution in [3.05, 3.63) is 82.3 Å². The molecule has 1 aliphatic rings. The third-order valence-electron chi connectivity index (χ3n) is 5.93. The van der Waals surface area contributed by atoms with Crippen LogP contribution < -0.4 is 4.74 Å². The zero-order valence-corrected chi connectivity index (χ0v) is 19.2. The Morgan fingerprint density at radius 3 is 2.76 bits per heavy atom. The lowest BCUT2D eigenvalue weighted by Gasteiger charge is -2.29. The zero-order chi connectivity index (χ0) is 23.4. The molecule has 0 aliphatic carbocycles. The summed E-state index contributed by atoms with van der Waals surface area (Å²) in [5.74, 6) is -0.850. The molecule has 172 valence electrons. The van der Waals surface area contributed by atoms with E-state index in [1.165, 1.54) is 0 Å². The molecule has 0 saturated carbocycles. The van der Waals surface area contributed by atoms with Gasteiger partial charge in [0.05, 0.1) is 5.92 Å². The molecule has 7 heteroatoms. The number of carbonyl (C=O) groups is 1. The van der Waals surface area contributed by atoms with Crippen LogP contribution >= 0.6 is 11.6 Å². The van der Waals surface area contributed by atoms with Crippen LogP contribution in [0.1, 0.15) is 30.2 Å². The second-order valence-corrected chi connectivity index (χ2v) is 8.86. The molecule has 5 nitrogen and oxygen atoms in total. The first-order valence-electron chi connectivity index (χ1n) is 11.0. The maximum absolute atomic E-state index is 14.9. The molecule has 0 spiro atoms. The Hall–Kier alpha value is -2.96. The molecule has 3 aromatic rings. The number of pyridine rings is 1. The summed E-state index contributed by atoms with van der Waals surface area (Å²) in [6, 6.07) is 16.3. The number of benzene rings is 2. The van der Waals surface area contributed by atoms with E-state index in [0.717, 1.165) is 23.4 Å². The molecule has 0 bridgehead atoms. The lowest BCUT2D eigenvalue weighted by Crippen LogP contribution is -2.33. The summed E-state index contributed by atoms with van der Waals surface area (Å²) in [6.45, 7) is 4.15. The fourth-order valence-electron chi connectivity index (χ4n) is 3.90. The lowest BCUT2D eigenvalue weighted by atomic mass is 10.0. The predicted molar refractivity (Wildman–Crippen MR) is 126 cm³/mol. The van der Waals surface area contributed by atoms with Crippen molar-refractivity contribution in [2.75, 3.05) is 13.1 Å². The highest BCUT2D eigenvalue weighted by molar-refractivity contribution is 6.30. The van der Waals surface area contributed by atoms with E-state index in [0.29, 0.717) is 54.6 Å². The number of aromatic nitrogens is 1. The van der Waals surface area contributed by atoms with Crippen LogP contribution in [0.25, 0.3) is 11.3 Å². The molecule has 1 N–H and O–H groups in total. The molecule has 0 amide bonds. The second-order valence-electron chi connectivity index (χ2n) is 8.42. The van der Waals surface area contributed by atoms with E-state index in [1.807, 2.05) is 48.5 Å². The number of hydrogen-bond acceptors (Lipinski definition) is 4. The number of ether oxygens (including phenoxy) is 1. The van der Waals surface area contributed by atoms with Crippen molar-refractivity contribution in [1.82, 2.24) is 9.88 Å². The van der Waals surface area contributed by atoms with Crippen molar-refractivity contribution in [2.24, 2.45) is 5.92 Å². The van der Waals surface area contributed by atoms with E-state index in [1.54, 1.807) is 13.0 Å². The van der Waals surface area contributed by atoms with E-state index >= 15 is 0 Å². The quantitative estimate of drug-likeness (QED) is 0.467. The Morgan fingerprint density at radius 2 is 2.03 bits per heavy atom. The normalized spacial score (nSPS) is 14.5. The molecule has 2 aromatic carbocycles. The largest absolute Gasteiger partial charge is 0.489 e. The van der Waals surface area contributed by atoms with Crippen LogP contribution in [-0.4, -0.2) is 34.0 Å². The van der Waals surface area contributed by atoms with Gasteiger partial charge >= 0.3 is 5.97 Å². The zero-order valence-electron chi connectivity index (χ0n) is 18.4. The van der Waals surface area contributed by atoms with Gasteiger partial charge in [0.2, 0.25) is 0 Å². The highest BCUT2D eigenvalue weighted by Gasteiger charge is 2.22. The van der Waals surface area contributed by atoms with E-state index in [2.05, 4.69) is 9.88 Å². The molecule has 33 heavy (non-hydrogen) atoms. The molecule has 4 rings (SSSR count). The van der Waals surface area contributed by atoms with Crippen LogP contribution in [0.2, 0.25) is 5.02 Å². The molecule has 1 unspecified atom stereocenters. The molecule has 0 saturated heterocycles. The van der Waals surface area contributed by atoms with Gasteiger partial charge in [-0.25, -0.2) is 9.37 Å². The Kier molecular flexibility index (Phi) is 7.26. The minimum atomic E-state index is -0.786. The third-order valence-corrected chi connectivity index (χ3v) is 6.16. The summed E-state index contributed by atoms with van der Waals surface area (Å²) in [5.41, 5.74) is 3.77. The number of carboxylic acid groups (broad SMARTS) is 1. The summed E-state index contributed by atoms with van der Waals surface area (Å²) < 4.78 is 20.7. The van der Waals surface area contributed by atoms with Crippen molar-refractivity contribution in [1.29, 1.82) is 0 Å². The SMILES string of the molecule is CC(CCN1CCc2nc(-c3ccc(OCc4cccc(Cl)c4)cc3)c(F)cc2C1)C(=O)O. The smallest absolute Gasteiger partial charge is 0.306 e.